The fourth-order valence-electron chi connectivity index (χ4n) is 4.33. The topological polar surface area (TPSA) is 96.5 Å². The van der Waals surface area contributed by atoms with Crippen molar-refractivity contribution in [3.8, 4) is 17.0 Å². The number of nitrogens with zero attached hydrogens (tertiary/aromatic N) is 2. The summed E-state index contributed by atoms with van der Waals surface area (Å²) in [4.78, 5) is 35.1. The number of amides is 1. The van der Waals surface area contributed by atoms with E-state index in [0.717, 1.165) is 41.2 Å². The quantitative estimate of drug-likeness (QED) is 0.597. The summed E-state index contributed by atoms with van der Waals surface area (Å²) < 4.78 is 11.0. The van der Waals surface area contributed by atoms with E-state index in [4.69, 9.17) is 9.47 Å². The molecule has 33 heavy (non-hydrogen) atoms. The Balaban J connectivity index is 1.78. The van der Waals surface area contributed by atoms with E-state index in [1.54, 1.807) is 38.5 Å². The third-order valence-corrected chi connectivity index (χ3v) is 5.93. The number of ketones is 1. The number of H-pyrrole nitrogens is 1. The monoisotopic (exact) mass is 450 g/mol. The molecule has 0 aromatic carbocycles. The van der Waals surface area contributed by atoms with Crippen molar-refractivity contribution in [2.75, 3.05) is 39.7 Å². The predicted octanol–water partition coefficient (Wildman–Crippen LogP) is 3.58. The van der Waals surface area contributed by atoms with Gasteiger partial charge in [0.1, 0.15) is 12.4 Å². The summed E-state index contributed by atoms with van der Waals surface area (Å²) in [5.74, 6) is 0.157. The zero-order valence-corrected chi connectivity index (χ0v) is 19.3. The molecule has 0 fully saturated rings. The first-order valence-electron chi connectivity index (χ1n) is 11.2. The molecule has 2 N–H and O–H groups in total. The van der Waals surface area contributed by atoms with Crippen LogP contribution in [0.5, 0.6) is 5.75 Å². The van der Waals surface area contributed by atoms with Crippen LogP contribution in [0.1, 0.15) is 35.3 Å². The second-order valence-corrected chi connectivity index (χ2v) is 8.49. The minimum absolute atomic E-state index is 0.0349. The van der Waals surface area contributed by atoms with Crippen LogP contribution in [0.3, 0.4) is 0 Å². The third-order valence-electron chi connectivity index (χ3n) is 5.93. The van der Waals surface area contributed by atoms with Gasteiger partial charge in [-0.15, -0.1) is 0 Å². The van der Waals surface area contributed by atoms with Gasteiger partial charge in [-0.1, -0.05) is 12.2 Å². The van der Waals surface area contributed by atoms with Gasteiger partial charge in [0.05, 0.1) is 35.7 Å². The summed E-state index contributed by atoms with van der Waals surface area (Å²) in [5, 5.41) is 3.51. The molecule has 4 rings (SSSR count). The molecule has 1 unspecified atom stereocenters. The van der Waals surface area contributed by atoms with Gasteiger partial charge in [0.15, 0.2) is 5.78 Å². The van der Waals surface area contributed by atoms with Crippen LogP contribution in [0.2, 0.25) is 0 Å². The molecular weight excluding hydrogens is 420 g/mol. The van der Waals surface area contributed by atoms with Crippen molar-refractivity contribution in [1.82, 2.24) is 14.9 Å². The third kappa shape index (κ3) is 4.85. The van der Waals surface area contributed by atoms with E-state index in [1.165, 1.54) is 0 Å². The Labute approximate surface area is 193 Å². The van der Waals surface area contributed by atoms with Crippen LogP contribution in [-0.2, 0) is 16.0 Å². The lowest BCUT2D eigenvalue weighted by Gasteiger charge is -2.24. The lowest BCUT2D eigenvalue weighted by Crippen LogP contribution is -2.35. The highest BCUT2D eigenvalue weighted by Crippen LogP contribution is 2.42. The number of hydrogen-bond acceptors (Lipinski definition) is 6. The summed E-state index contributed by atoms with van der Waals surface area (Å²) >= 11 is 0. The van der Waals surface area contributed by atoms with Gasteiger partial charge in [0, 0.05) is 57.2 Å². The largest absolute Gasteiger partial charge is 0.489 e. The maximum atomic E-state index is 13.3. The molecule has 0 saturated heterocycles. The molecule has 2 aliphatic carbocycles. The number of ether oxygens (including phenoxy) is 2. The van der Waals surface area contributed by atoms with Crippen molar-refractivity contribution in [3.05, 3.63) is 53.6 Å². The molecule has 2 aromatic rings. The van der Waals surface area contributed by atoms with Gasteiger partial charge in [0.2, 0.25) is 5.91 Å². The molecule has 2 heterocycles. The Hall–Kier alpha value is -3.39. The van der Waals surface area contributed by atoms with Gasteiger partial charge in [0.25, 0.3) is 0 Å². The Morgan fingerprint density at radius 3 is 2.88 bits per heavy atom. The minimum Gasteiger partial charge on any atom is -0.489 e. The number of nitrogens with one attached hydrogen (secondary N) is 2. The standard InChI is InChI=1S/C25H30N4O4/c1-29(2)25(31)16-13-19-22(20(30)14-16)24(27-17-7-5-4-6-8-17)23(28-19)18-9-10-26-15-21(18)33-12-11-32-3/h4-5,7,9-10,15-16,27-28H,6,8,11-14H2,1-3H3. The first-order chi connectivity index (χ1) is 16.0. The molecule has 2 aliphatic rings. The lowest BCUT2D eigenvalue weighted by molar-refractivity contribution is -0.133. The molecule has 0 saturated carbocycles. The molecule has 174 valence electrons. The summed E-state index contributed by atoms with van der Waals surface area (Å²) in [6, 6.07) is 1.87. The fourth-order valence-corrected chi connectivity index (χ4v) is 4.33. The Bertz CT molecular complexity index is 1100. The van der Waals surface area contributed by atoms with Gasteiger partial charge < -0.3 is 24.7 Å². The Morgan fingerprint density at radius 1 is 1.30 bits per heavy atom. The van der Waals surface area contributed by atoms with Gasteiger partial charge in [-0.05, 0) is 25.0 Å². The highest BCUT2D eigenvalue weighted by atomic mass is 16.5. The number of aromatic amines is 1. The normalized spacial score (nSPS) is 17.4. The number of carbonyl (C=O) groups excluding carboxylic acids is 2. The number of allylic oxidation sites excluding steroid dienone is 4. The molecule has 2 aromatic heterocycles. The fraction of sp³-hybridized carbons (Fsp3) is 0.400. The van der Waals surface area contributed by atoms with E-state index in [2.05, 4.69) is 21.4 Å². The number of rotatable bonds is 8. The molecule has 0 aliphatic heterocycles. The Morgan fingerprint density at radius 2 is 2.15 bits per heavy atom. The van der Waals surface area contributed by atoms with E-state index in [0.29, 0.717) is 30.9 Å². The first-order valence-corrected chi connectivity index (χ1v) is 11.2. The summed E-state index contributed by atoms with van der Waals surface area (Å²) in [5.41, 5.74) is 4.73. The predicted molar refractivity (Wildman–Crippen MR) is 126 cm³/mol. The summed E-state index contributed by atoms with van der Waals surface area (Å²) in [6.45, 7) is 0.833. The van der Waals surface area contributed by atoms with Crippen molar-refractivity contribution in [2.45, 2.75) is 25.7 Å². The number of hydrogen-bond donors (Lipinski definition) is 2. The van der Waals surface area contributed by atoms with Crippen LogP contribution in [0.4, 0.5) is 5.69 Å². The lowest BCUT2D eigenvalue weighted by atomic mass is 9.85. The second-order valence-electron chi connectivity index (χ2n) is 8.49. The maximum absolute atomic E-state index is 13.3. The van der Waals surface area contributed by atoms with Crippen LogP contribution < -0.4 is 10.1 Å². The number of methoxy groups -OCH3 is 1. The molecule has 0 radical (unpaired) electrons. The van der Waals surface area contributed by atoms with E-state index in [1.807, 2.05) is 18.2 Å². The van der Waals surface area contributed by atoms with Crippen LogP contribution >= 0.6 is 0 Å². The molecule has 1 amide bonds. The number of anilines is 1. The molecule has 8 heteroatoms. The van der Waals surface area contributed by atoms with Gasteiger partial charge in [-0.2, -0.15) is 0 Å². The van der Waals surface area contributed by atoms with Crippen LogP contribution in [0.25, 0.3) is 11.3 Å². The van der Waals surface area contributed by atoms with Crippen molar-refractivity contribution in [2.24, 2.45) is 5.92 Å². The van der Waals surface area contributed by atoms with Gasteiger partial charge >= 0.3 is 0 Å². The SMILES string of the molecule is COCCOc1cnccc1-c1[nH]c2c(c1NC1=CC=CCC1)C(=O)CC(C(=O)N(C)C)C2. The van der Waals surface area contributed by atoms with Crippen LogP contribution in [0.15, 0.2) is 42.4 Å². The van der Waals surface area contributed by atoms with Crippen molar-refractivity contribution >= 4 is 17.4 Å². The molecule has 0 spiro atoms. The van der Waals surface area contributed by atoms with Crippen molar-refractivity contribution in [1.29, 1.82) is 0 Å². The van der Waals surface area contributed by atoms with Crippen LogP contribution in [-0.4, -0.2) is 61.0 Å². The van der Waals surface area contributed by atoms with E-state index >= 15 is 0 Å². The average molecular weight is 451 g/mol. The van der Waals surface area contributed by atoms with Crippen LogP contribution in [0, 0.1) is 5.92 Å². The number of carbonyl (C=O) groups is 2. The molecule has 1 atom stereocenters. The highest BCUT2D eigenvalue weighted by Gasteiger charge is 2.36. The smallest absolute Gasteiger partial charge is 0.226 e. The average Bonchev–Trinajstić information content (AvgIpc) is 3.18. The van der Waals surface area contributed by atoms with E-state index < -0.39 is 0 Å². The zero-order valence-electron chi connectivity index (χ0n) is 19.3. The van der Waals surface area contributed by atoms with E-state index in [9.17, 15) is 9.59 Å². The number of pyridine rings is 1. The van der Waals surface area contributed by atoms with E-state index in [-0.39, 0.29) is 24.0 Å². The Kier molecular flexibility index (Phi) is 6.93. The van der Waals surface area contributed by atoms with Crippen molar-refractivity contribution < 1.29 is 19.1 Å². The van der Waals surface area contributed by atoms with Gasteiger partial charge in [-0.3, -0.25) is 14.6 Å². The summed E-state index contributed by atoms with van der Waals surface area (Å²) in [7, 11) is 5.07. The molecule has 8 nitrogen and oxygen atoms in total. The maximum Gasteiger partial charge on any atom is 0.226 e. The molecule has 0 bridgehead atoms. The summed E-state index contributed by atoms with van der Waals surface area (Å²) in [6.07, 6.45) is 12.0. The minimum atomic E-state index is -0.369. The highest BCUT2D eigenvalue weighted by molar-refractivity contribution is 6.09. The zero-order chi connectivity index (χ0) is 23.4. The number of aromatic nitrogens is 2. The number of Topliss-reactive ketones (excluding diaryl/α,β-unsaturated/α-hetero) is 1. The number of fused-ring (bicyclic) bond motifs is 1. The first kappa shape index (κ1) is 22.8. The second kappa shape index (κ2) is 10.0. The molecular formula is C25H30N4O4. The van der Waals surface area contributed by atoms with Crippen molar-refractivity contribution in [3.63, 3.8) is 0 Å². The van der Waals surface area contributed by atoms with Gasteiger partial charge in [-0.25, -0.2) is 0 Å².